The highest BCUT2D eigenvalue weighted by molar-refractivity contribution is 7.98. The lowest BCUT2D eigenvalue weighted by atomic mass is 9.98. The lowest BCUT2D eigenvalue weighted by Crippen LogP contribution is -1.98. The third-order valence-corrected chi connectivity index (χ3v) is 4.52. The summed E-state index contributed by atoms with van der Waals surface area (Å²) in [6.45, 7) is 6.41. The molecule has 0 radical (unpaired) electrons. The fourth-order valence-electron chi connectivity index (χ4n) is 2.46. The molecule has 0 bridgehead atoms. The van der Waals surface area contributed by atoms with E-state index in [9.17, 15) is 0 Å². The van der Waals surface area contributed by atoms with Gasteiger partial charge in [-0.1, -0.05) is 68.0 Å². The van der Waals surface area contributed by atoms with Crippen molar-refractivity contribution in [2.45, 2.75) is 50.5 Å². The van der Waals surface area contributed by atoms with Crippen LogP contribution in [0, 0.1) is 5.92 Å². The van der Waals surface area contributed by atoms with Crippen molar-refractivity contribution < 1.29 is 8.94 Å². The van der Waals surface area contributed by atoms with Crippen LogP contribution >= 0.6 is 11.8 Å². The van der Waals surface area contributed by atoms with Gasteiger partial charge in [-0.15, -0.1) is 10.2 Å². The van der Waals surface area contributed by atoms with E-state index in [0.29, 0.717) is 34.6 Å². The molecular formula is C18H22N4O2S. The smallest absolute Gasteiger partial charge is 0.277 e. The molecule has 1 atom stereocenters. The van der Waals surface area contributed by atoms with Crippen LogP contribution in [0.2, 0.25) is 0 Å². The van der Waals surface area contributed by atoms with Gasteiger partial charge in [0.2, 0.25) is 11.8 Å². The van der Waals surface area contributed by atoms with Crippen molar-refractivity contribution in [2.24, 2.45) is 5.92 Å². The summed E-state index contributed by atoms with van der Waals surface area (Å²) in [7, 11) is 0. The van der Waals surface area contributed by atoms with Crippen molar-refractivity contribution in [1.29, 1.82) is 0 Å². The van der Waals surface area contributed by atoms with Gasteiger partial charge in [-0.25, -0.2) is 0 Å². The Balaban J connectivity index is 1.52. The number of thioether (sulfide) groups is 1. The highest BCUT2D eigenvalue weighted by Gasteiger charge is 2.14. The fourth-order valence-corrected chi connectivity index (χ4v) is 3.08. The van der Waals surface area contributed by atoms with Crippen molar-refractivity contribution in [3.8, 4) is 0 Å². The maximum absolute atomic E-state index is 5.72. The molecule has 2 heterocycles. The largest absolute Gasteiger partial charge is 0.416 e. The zero-order valence-electron chi connectivity index (χ0n) is 14.7. The van der Waals surface area contributed by atoms with E-state index in [-0.39, 0.29) is 0 Å². The Morgan fingerprint density at radius 3 is 2.56 bits per heavy atom. The van der Waals surface area contributed by atoms with Gasteiger partial charge in [0.25, 0.3) is 5.22 Å². The molecule has 0 amide bonds. The lowest BCUT2D eigenvalue weighted by molar-refractivity contribution is 0.380. The summed E-state index contributed by atoms with van der Waals surface area (Å²) in [5.41, 5.74) is 1.26. The van der Waals surface area contributed by atoms with E-state index in [2.05, 4.69) is 53.2 Å². The molecule has 2 aromatic heterocycles. The first kappa shape index (κ1) is 17.7. The van der Waals surface area contributed by atoms with E-state index in [1.165, 1.54) is 17.3 Å². The molecule has 0 spiro atoms. The first-order valence-corrected chi connectivity index (χ1v) is 9.40. The molecule has 0 aliphatic rings. The highest BCUT2D eigenvalue weighted by atomic mass is 32.2. The predicted octanol–water partition coefficient (Wildman–Crippen LogP) is 4.29. The molecule has 0 aliphatic carbocycles. The minimum atomic E-state index is 0.328. The predicted molar refractivity (Wildman–Crippen MR) is 95.3 cm³/mol. The van der Waals surface area contributed by atoms with Crippen molar-refractivity contribution >= 4 is 11.8 Å². The van der Waals surface area contributed by atoms with Crippen molar-refractivity contribution in [3.05, 3.63) is 53.5 Å². The van der Waals surface area contributed by atoms with Crippen molar-refractivity contribution in [1.82, 2.24) is 20.3 Å². The number of nitrogens with zero attached hydrogens (tertiary/aromatic N) is 4. The summed E-state index contributed by atoms with van der Waals surface area (Å²) in [5, 5.41) is 12.7. The summed E-state index contributed by atoms with van der Waals surface area (Å²) in [6.07, 6.45) is 1.53. The lowest BCUT2D eigenvalue weighted by Gasteiger charge is -2.08. The third kappa shape index (κ3) is 5.16. The van der Waals surface area contributed by atoms with Gasteiger partial charge in [0.1, 0.15) is 0 Å². The van der Waals surface area contributed by atoms with E-state index in [1.54, 1.807) is 0 Å². The monoisotopic (exact) mass is 358 g/mol. The second-order valence-electron chi connectivity index (χ2n) is 6.47. The normalized spacial score (nSPS) is 12.6. The topological polar surface area (TPSA) is 77.8 Å². The summed E-state index contributed by atoms with van der Waals surface area (Å²) in [4.78, 5) is 4.37. The van der Waals surface area contributed by atoms with Crippen LogP contribution in [0.4, 0.5) is 0 Å². The van der Waals surface area contributed by atoms with Gasteiger partial charge in [-0.2, -0.15) is 4.98 Å². The molecule has 25 heavy (non-hydrogen) atoms. The number of hydrogen-bond donors (Lipinski definition) is 0. The van der Waals surface area contributed by atoms with E-state index < -0.39 is 0 Å². The average molecular weight is 358 g/mol. The summed E-state index contributed by atoms with van der Waals surface area (Å²) < 4.78 is 11.0. The number of rotatable bonds is 8. The number of hydrogen-bond acceptors (Lipinski definition) is 7. The van der Waals surface area contributed by atoms with E-state index in [4.69, 9.17) is 8.94 Å². The number of aromatic nitrogens is 4. The van der Waals surface area contributed by atoms with Crippen molar-refractivity contribution in [3.63, 3.8) is 0 Å². The Kier molecular flexibility index (Phi) is 5.86. The minimum absolute atomic E-state index is 0.328. The van der Waals surface area contributed by atoms with Crippen LogP contribution in [0.15, 0.2) is 44.5 Å². The Labute approximate surface area is 151 Å². The first-order chi connectivity index (χ1) is 12.1. The van der Waals surface area contributed by atoms with Crippen LogP contribution in [0.25, 0.3) is 0 Å². The molecule has 7 heteroatoms. The van der Waals surface area contributed by atoms with Crippen LogP contribution < -0.4 is 0 Å². The summed E-state index contributed by atoms with van der Waals surface area (Å²) >= 11 is 1.41. The van der Waals surface area contributed by atoms with Crippen LogP contribution in [0.1, 0.15) is 49.9 Å². The standard InChI is InChI=1S/C18H22N4O2S/c1-12(2)9-15-19-17(24-22-15)11-25-18-21-20-16(23-18)10-13(3)14-7-5-4-6-8-14/h4-8,12-13H,9-11H2,1-3H3. The minimum Gasteiger partial charge on any atom is -0.416 e. The second kappa shape index (κ2) is 8.29. The zero-order chi connectivity index (χ0) is 17.6. The van der Waals surface area contributed by atoms with Gasteiger partial charge in [0.15, 0.2) is 5.82 Å². The molecule has 132 valence electrons. The molecule has 0 aliphatic heterocycles. The van der Waals surface area contributed by atoms with Crippen LogP contribution in [-0.4, -0.2) is 20.3 Å². The van der Waals surface area contributed by atoms with E-state index in [0.717, 1.165) is 18.7 Å². The van der Waals surface area contributed by atoms with Gasteiger partial charge in [-0.05, 0) is 17.4 Å². The quantitative estimate of drug-likeness (QED) is 0.556. The molecule has 0 fully saturated rings. The molecule has 0 saturated heterocycles. The molecular weight excluding hydrogens is 336 g/mol. The average Bonchev–Trinajstić information content (AvgIpc) is 3.22. The van der Waals surface area contributed by atoms with Crippen LogP contribution in [0.3, 0.4) is 0 Å². The molecule has 3 aromatic rings. The first-order valence-electron chi connectivity index (χ1n) is 8.41. The fraction of sp³-hybridized carbons (Fsp3) is 0.444. The molecule has 0 saturated carbocycles. The van der Waals surface area contributed by atoms with Gasteiger partial charge >= 0.3 is 0 Å². The Morgan fingerprint density at radius 1 is 1.00 bits per heavy atom. The van der Waals surface area contributed by atoms with Crippen molar-refractivity contribution in [2.75, 3.05) is 0 Å². The third-order valence-electron chi connectivity index (χ3n) is 3.72. The van der Waals surface area contributed by atoms with Gasteiger partial charge in [0, 0.05) is 12.8 Å². The molecule has 6 nitrogen and oxygen atoms in total. The van der Waals surface area contributed by atoms with E-state index in [1.807, 2.05) is 18.2 Å². The molecule has 1 aromatic carbocycles. The van der Waals surface area contributed by atoms with Gasteiger partial charge in [0.05, 0.1) is 5.75 Å². The summed E-state index contributed by atoms with van der Waals surface area (Å²) in [5.74, 6) is 3.33. The SMILES string of the molecule is CC(C)Cc1noc(CSc2nnc(CC(C)c3ccccc3)o2)n1. The van der Waals surface area contributed by atoms with E-state index >= 15 is 0 Å². The Bertz CT molecular complexity index is 785. The van der Waals surface area contributed by atoms with Gasteiger partial charge in [-0.3, -0.25) is 0 Å². The summed E-state index contributed by atoms with van der Waals surface area (Å²) in [6, 6.07) is 10.3. The highest BCUT2D eigenvalue weighted by Crippen LogP contribution is 2.24. The number of benzene rings is 1. The maximum Gasteiger partial charge on any atom is 0.277 e. The maximum atomic E-state index is 5.72. The Hall–Kier alpha value is -2.15. The molecule has 0 N–H and O–H groups in total. The Morgan fingerprint density at radius 2 is 1.80 bits per heavy atom. The van der Waals surface area contributed by atoms with Crippen LogP contribution in [-0.2, 0) is 18.6 Å². The zero-order valence-corrected chi connectivity index (χ0v) is 15.5. The van der Waals surface area contributed by atoms with Crippen LogP contribution in [0.5, 0.6) is 0 Å². The molecule has 1 unspecified atom stereocenters. The van der Waals surface area contributed by atoms with Gasteiger partial charge < -0.3 is 8.94 Å². The second-order valence-corrected chi connectivity index (χ2v) is 7.40. The molecule has 3 rings (SSSR count).